The van der Waals surface area contributed by atoms with Crippen LogP contribution in [0.4, 0.5) is 10.9 Å². The Morgan fingerprint density at radius 1 is 1.18 bits per heavy atom. The van der Waals surface area contributed by atoms with Crippen LogP contribution in [0.3, 0.4) is 0 Å². The number of ether oxygens (including phenoxy) is 1. The van der Waals surface area contributed by atoms with Crippen molar-refractivity contribution >= 4 is 40.0 Å². The molecule has 168 valence electrons. The summed E-state index contributed by atoms with van der Waals surface area (Å²) in [6.45, 7) is 4.30. The Bertz CT molecular complexity index is 1250. The van der Waals surface area contributed by atoms with Crippen molar-refractivity contribution in [2.75, 3.05) is 5.32 Å². The summed E-state index contributed by atoms with van der Waals surface area (Å²) in [6.07, 6.45) is 5.94. The van der Waals surface area contributed by atoms with Gasteiger partial charge in [-0.25, -0.2) is 24.7 Å². The molecule has 3 heterocycles. The SMILES string of the molecule is CC(C)Cc1csc(Nc2ncc(Sc3ncccn3)cc2Oc2cccc(C(=O)O)c2)n1. The van der Waals surface area contributed by atoms with E-state index in [0.29, 0.717) is 33.5 Å². The Kier molecular flexibility index (Phi) is 7.16. The van der Waals surface area contributed by atoms with Gasteiger partial charge >= 0.3 is 5.97 Å². The van der Waals surface area contributed by atoms with Gasteiger partial charge in [-0.2, -0.15) is 0 Å². The number of rotatable bonds is 9. The van der Waals surface area contributed by atoms with Crippen LogP contribution in [0.1, 0.15) is 29.9 Å². The third kappa shape index (κ3) is 6.27. The summed E-state index contributed by atoms with van der Waals surface area (Å²) in [5.41, 5.74) is 1.15. The molecule has 0 atom stereocenters. The number of nitrogens with one attached hydrogen (secondary N) is 1. The van der Waals surface area contributed by atoms with Crippen molar-refractivity contribution in [2.24, 2.45) is 5.92 Å². The van der Waals surface area contributed by atoms with E-state index < -0.39 is 5.97 Å². The minimum Gasteiger partial charge on any atom is -0.478 e. The van der Waals surface area contributed by atoms with E-state index in [9.17, 15) is 9.90 Å². The summed E-state index contributed by atoms with van der Waals surface area (Å²) in [5, 5.41) is 15.8. The van der Waals surface area contributed by atoms with Gasteiger partial charge in [0.05, 0.1) is 11.3 Å². The Hall–Kier alpha value is -3.50. The highest BCUT2D eigenvalue weighted by Crippen LogP contribution is 2.36. The average Bonchev–Trinajstić information content (AvgIpc) is 3.22. The molecule has 0 aliphatic heterocycles. The predicted molar refractivity (Wildman–Crippen MR) is 128 cm³/mol. The highest BCUT2D eigenvalue weighted by molar-refractivity contribution is 7.99. The maximum atomic E-state index is 11.3. The van der Waals surface area contributed by atoms with Crippen LogP contribution >= 0.6 is 23.1 Å². The molecule has 1 aromatic carbocycles. The molecule has 0 bridgehead atoms. The molecule has 0 spiro atoms. The molecule has 4 rings (SSSR count). The van der Waals surface area contributed by atoms with Gasteiger partial charge in [0.1, 0.15) is 5.75 Å². The number of carboxylic acids is 1. The van der Waals surface area contributed by atoms with Gasteiger partial charge in [0.2, 0.25) is 0 Å². The van der Waals surface area contributed by atoms with Gasteiger partial charge in [0, 0.05) is 34.9 Å². The molecule has 0 unspecified atom stereocenters. The van der Waals surface area contributed by atoms with E-state index >= 15 is 0 Å². The molecule has 3 aromatic heterocycles. The van der Waals surface area contributed by atoms with Crippen LogP contribution in [-0.2, 0) is 6.42 Å². The molecule has 0 saturated carbocycles. The first-order valence-electron chi connectivity index (χ1n) is 10.1. The summed E-state index contributed by atoms with van der Waals surface area (Å²) >= 11 is 2.84. The number of carboxylic acid groups (broad SMARTS) is 1. The molecule has 0 aliphatic carbocycles. The van der Waals surface area contributed by atoms with Gasteiger partial charge in [-0.1, -0.05) is 19.9 Å². The fourth-order valence-electron chi connectivity index (χ4n) is 2.89. The van der Waals surface area contributed by atoms with E-state index in [-0.39, 0.29) is 5.56 Å². The highest BCUT2D eigenvalue weighted by Gasteiger charge is 2.14. The molecule has 4 aromatic rings. The van der Waals surface area contributed by atoms with Gasteiger partial charge in [-0.3, -0.25) is 0 Å². The second kappa shape index (κ2) is 10.4. The van der Waals surface area contributed by atoms with E-state index in [4.69, 9.17) is 4.74 Å². The number of nitrogens with zero attached hydrogens (tertiary/aromatic N) is 4. The van der Waals surface area contributed by atoms with Crippen LogP contribution in [0, 0.1) is 5.92 Å². The minimum atomic E-state index is -1.03. The predicted octanol–water partition coefficient (Wildman–Crippen LogP) is 5.91. The number of benzene rings is 1. The molecular formula is C23H21N5O3S2. The van der Waals surface area contributed by atoms with E-state index in [1.807, 2.05) is 11.4 Å². The molecule has 33 heavy (non-hydrogen) atoms. The van der Waals surface area contributed by atoms with Crippen molar-refractivity contribution in [1.29, 1.82) is 0 Å². The number of hydrogen-bond acceptors (Lipinski definition) is 9. The maximum absolute atomic E-state index is 11.3. The third-order valence-corrected chi connectivity index (χ3v) is 5.94. The first kappa shape index (κ1) is 22.7. The van der Waals surface area contributed by atoms with Crippen molar-refractivity contribution in [3.8, 4) is 11.5 Å². The third-order valence-electron chi connectivity index (χ3n) is 4.28. The normalized spacial score (nSPS) is 10.9. The lowest BCUT2D eigenvalue weighted by Gasteiger charge is -2.12. The van der Waals surface area contributed by atoms with E-state index in [1.54, 1.807) is 36.8 Å². The second-order valence-electron chi connectivity index (χ2n) is 7.45. The second-order valence-corrected chi connectivity index (χ2v) is 9.35. The van der Waals surface area contributed by atoms with Crippen molar-refractivity contribution in [3.63, 3.8) is 0 Å². The van der Waals surface area contributed by atoms with Crippen LogP contribution in [0.5, 0.6) is 11.5 Å². The molecule has 0 amide bonds. The number of aromatic carboxylic acids is 1. The number of pyridine rings is 1. The molecule has 10 heteroatoms. The molecular weight excluding hydrogens is 458 g/mol. The fourth-order valence-corrected chi connectivity index (χ4v) is 4.33. The summed E-state index contributed by atoms with van der Waals surface area (Å²) in [4.78, 5) is 29.7. The minimum absolute atomic E-state index is 0.136. The quantitative estimate of drug-likeness (QED) is 0.283. The standard InChI is InChI=1S/C23H21N5O3S2/c1-14(2)9-16-13-32-23(27-16)28-20-19(31-17-6-3-5-15(10-17)21(29)30)11-18(12-26-20)33-22-24-7-4-8-25-22/h3-8,10-14H,9H2,1-2H3,(H,29,30)(H,26,27,28). The van der Waals surface area contributed by atoms with E-state index in [2.05, 4.69) is 39.1 Å². The lowest BCUT2D eigenvalue weighted by atomic mass is 10.1. The molecule has 8 nitrogen and oxygen atoms in total. The van der Waals surface area contributed by atoms with Crippen molar-refractivity contribution < 1.29 is 14.6 Å². The van der Waals surface area contributed by atoms with Gasteiger partial charge in [-0.05, 0) is 48.4 Å². The Labute approximate surface area is 199 Å². The van der Waals surface area contributed by atoms with Crippen molar-refractivity contribution in [2.45, 2.75) is 30.3 Å². The Morgan fingerprint density at radius 3 is 2.76 bits per heavy atom. The largest absolute Gasteiger partial charge is 0.478 e. The Balaban J connectivity index is 1.63. The topological polar surface area (TPSA) is 110 Å². The first-order valence-corrected chi connectivity index (χ1v) is 11.8. The van der Waals surface area contributed by atoms with Gasteiger partial charge in [-0.15, -0.1) is 11.3 Å². The van der Waals surface area contributed by atoms with Gasteiger partial charge < -0.3 is 15.2 Å². The molecule has 0 fully saturated rings. The van der Waals surface area contributed by atoms with Crippen LogP contribution in [0.15, 0.2) is 70.4 Å². The average molecular weight is 480 g/mol. The lowest BCUT2D eigenvalue weighted by molar-refractivity contribution is 0.0696. The molecule has 2 N–H and O–H groups in total. The van der Waals surface area contributed by atoms with Gasteiger partial charge in [0.15, 0.2) is 21.9 Å². The Morgan fingerprint density at radius 2 is 2.00 bits per heavy atom. The number of hydrogen-bond donors (Lipinski definition) is 2. The molecule has 0 radical (unpaired) electrons. The zero-order valence-electron chi connectivity index (χ0n) is 17.9. The highest BCUT2D eigenvalue weighted by atomic mass is 32.2. The maximum Gasteiger partial charge on any atom is 0.335 e. The summed E-state index contributed by atoms with van der Waals surface area (Å²) in [7, 11) is 0. The lowest BCUT2D eigenvalue weighted by Crippen LogP contribution is -2.00. The monoisotopic (exact) mass is 479 g/mol. The number of aromatic nitrogens is 4. The number of anilines is 2. The van der Waals surface area contributed by atoms with Crippen molar-refractivity contribution in [3.05, 3.63) is 71.6 Å². The van der Waals surface area contributed by atoms with Crippen LogP contribution in [0.2, 0.25) is 0 Å². The number of carbonyl (C=O) groups is 1. The smallest absolute Gasteiger partial charge is 0.335 e. The van der Waals surface area contributed by atoms with E-state index in [0.717, 1.165) is 17.0 Å². The number of thiazole rings is 1. The molecule has 0 aliphatic rings. The fraction of sp³-hybridized carbons (Fsp3) is 0.174. The van der Waals surface area contributed by atoms with Gasteiger partial charge in [0.25, 0.3) is 0 Å². The zero-order chi connectivity index (χ0) is 23.2. The summed E-state index contributed by atoms with van der Waals surface area (Å²) in [6, 6.07) is 9.87. The summed E-state index contributed by atoms with van der Waals surface area (Å²) in [5.74, 6) is 0.772. The molecule has 0 saturated heterocycles. The van der Waals surface area contributed by atoms with Crippen LogP contribution in [-0.4, -0.2) is 31.0 Å². The van der Waals surface area contributed by atoms with Crippen LogP contribution in [0.25, 0.3) is 0 Å². The van der Waals surface area contributed by atoms with E-state index in [1.165, 1.54) is 35.2 Å². The zero-order valence-corrected chi connectivity index (χ0v) is 19.6. The first-order chi connectivity index (χ1) is 16.0. The van der Waals surface area contributed by atoms with Crippen molar-refractivity contribution in [1.82, 2.24) is 19.9 Å². The summed E-state index contributed by atoms with van der Waals surface area (Å²) < 4.78 is 6.06. The van der Waals surface area contributed by atoms with Crippen LogP contribution < -0.4 is 10.1 Å².